The van der Waals surface area contributed by atoms with E-state index in [-0.39, 0.29) is 18.4 Å². The van der Waals surface area contributed by atoms with Crippen LogP contribution in [0.1, 0.15) is 27.3 Å². The lowest BCUT2D eigenvalue weighted by molar-refractivity contribution is -0.119. The maximum atomic E-state index is 12.8. The molecule has 4 aromatic rings. The van der Waals surface area contributed by atoms with Crippen molar-refractivity contribution in [1.29, 1.82) is 0 Å². The van der Waals surface area contributed by atoms with E-state index in [1.165, 1.54) is 4.90 Å². The second-order valence-electron chi connectivity index (χ2n) is 7.98. The Labute approximate surface area is 196 Å². The van der Waals surface area contributed by atoms with Gasteiger partial charge in [0.05, 0.1) is 22.6 Å². The van der Waals surface area contributed by atoms with Crippen LogP contribution in [0.25, 0.3) is 16.5 Å². The van der Waals surface area contributed by atoms with E-state index < -0.39 is 0 Å². The quantitative estimate of drug-likeness (QED) is 0.339. The number of halogens is 1. The molecule has 0 atom stereocenters. The molecule has 0 unspecified atom stereocenters. The summed E-state index contributed by atoms with van der Waals surface area (Å²) in [5.41, 5.74) is 7.62. The number of hydrogen-bond acceptors (Lipinski definition) is 3. The van der Waals surface area contributed by atoms with Gasteiger partial charge in [-0.05, 0) is 49.6 Å². The van der Waals surface area contributed by atoms with E-state index in [9.17, 15) is 9.59 Å². The number of nitrogens with zero attached hydrogens (tertiary/aromatic N) is 3. The molecule has 33 heavy (non-hydrogen) atoms. The summed E-state index contributed by atoms with van der Waals surface area (Å²) in [4.78, 5) is 26.9. The Morgan fingerprint density at radius 1 is 1.03 bits per heavy atom. The first-order valence-electron chi connectivity index (χ1n) is 10.5. The highest BCUT2D eigenvalue weighted by Crippen LogP contribution is 2.36. The van der Waals surface area contributed by atoms with Gasteiger partial charge < -0.3 is 4.57 Å². The molecule has 0 saturated heterocycles. The van der Waals surface area contributed by atoms with Gasteiger partial charge >= 0.3 is 0 Å². The summed E-state index contributed by atoms with van der Waals surface area (Å²) < 4.78 is 2.05. The number of hydrazone groups is 1. The van der Waals surface area contributed by atoms with E-state index in [1.807, 2.05) is 79.1 Å². The minimum atomic E-state index is -0.371. The SMILES string of the molecule is Cc1cc(/C=N/NC(=O)CN2C(=O)c3cccc4cccc2c34)c(C)n1-c1ccccc1Cl. The highest BCUT2D eigenvalue weighted by Gasteiger charge is 2.30. The summed E-state index contributed by atoms with van der Waals surface area (Å²) in [5, 5.41) is 6.65. The summed E-state index contributed by atoms with van der Waals surface area (Å²) in [6, 6.07) is 20.9. The molecule has 0 spiro atoms. The van der Waals surface area contributed by atoms with Crippen molar-refractivity contribution in [2.45, 2.75) is 13.8 Å². The van der Waals surface area contributed by atoms with Crippen LogP contribution in [0.5, 0.6) is 0 Å². The van der Waals surface area contributed by atoms with Gasteiger partial charge in [-0.25, -0.2) is 5.43 Å². The van der Waals surface area contributed by atoms with Crippen LogP contribution in [0.3, 0.4) is 0 Å². The van der Waals surface area contributed by atoms with E-state index in [0.717, 1.165) is 39.1 Å². The third-order valence-electron chi connectivity index (χ3n) is 5.91. The summed E-state index contributed by atoms with van der Waals surface area (Å²) in [6.45, 7) is 3.85. The molecule has 0 fully saturated rings. The molecule has 0 saturated carbocycles. The molecule has 1 aliphatic heterocycles. The predicted molar refractivity (Wildman–Crippen MR) is 132 cm³/mol. The Morgan fingerprint density at radius 3 is 2.55 bits per heavy atom. The van der Waals surface area contributed by atoms with Crippen molar-refractivity contribution in [3.63, 3.8) is 0 Å². The Balaban J connectivity index is 1.32. The number of carbonyl (C=O) groups is 2. The van der Waals surface area contributed by atoms with Crippen LogP contribution >= 0.6 is 11.6 Å². The molecule has 7 heteroatoms. The van der Waals surface area contributed by atoms with Gasteiger partial charge in [-0.15, -0.1) is 0 Å². The lowest BCUT2D eigenvalue weighted by atomic mass is 10.1. The number of amides is 2. The molecule has 1 N–H and O–H groups in total. The molecule has 2 heterocycles. The predicted octanol–water partition coefficient (Wildman–Crippen LogP) is 5.01. The number of aryl methyl sites for hydroxylation is 1. The number of benzene rings is 3. The second kappa shape index (κ2) is 8.22. The average Bonchev–Trinajstić information content (AvgIpc) is 3.24. The van der Waals surface area contributed by atoms with Gasteiger partial charge in [-0.1, -0.05) is 48.0 Å². The summed E-state index contributed by atoms with van der Waals surface area (Å²) in [7, 11) is 0. The van der Waals surface area contributed by atoms with Gasteiger partial charge in [0.2, 0.25) is 0 Å². The molecule has 5 rings (SSSR count). The molecule has 1 aromatic heterocycles. The van der Waals surface area contributed by atoms with Crippen LogP contribution in [0.2, 0.25) is 5.02 Å². The van der Waals surface area contributed by atoms with E-state index in [4.69, 9.17) is 11.6 Å². The first-order chi connectivity index (χ1) is 16.0. The van der Waals surface area contributed by atoms with Crippen molar-refractivity contribution in [3.05, 3.63) is 94.3 Å². The van der Waals surface area contributed by atoms with E-state index >= 15 is 0 Å². The van der Waals surface area contributed by atoms with Gasteiger partial charge in [-0.3, -0.25) is 14.5 Å². The number of carbonyl (C=O) groups excluding carboxylic acids is 2. The first-order valence-corrected chi connectivity index (χ1v) is 10.9. The third kappa shape index (κ3) is 3.58. The highest BCUT2D eigenvalue weighted by molar-refractivity contribution is 6.32. The maximum absolute atomic E-state index is 12.8. The van der Waals surface area contributed by atoms with Crippen LogP contribution in [-0.4, -0.2) is 29.1 Å². The Hall–Kier alpha value is -3.90. The molecule has 6 nitrogen and oxygen atoms in total. The third-order valence-corrected chi connectivity index (χ3v) is 6.23. The minimum Gasteiger partial charge on any atom is -0.316 e. The monoisotopic (exact) mass is 456 g/mol. The zero-order chi connectivity index (χ0) is 23.1. The fourth-order valence-electron chi connectivity index (χ4n) is 4.41. The zero-order valence-corrected chi connectivity index (χ0v) is 18.9. The largest absolute Gasteiger partial charge is 0.316 e. The number of aromatic nitrogens is 1. The molecule has 3 aromatic carbocycles. The lowest BCUT2D eigenvalue weighted by Crippen LogP contribution is -2.37. The number of rotatable bonds is 5. The van der Waals surface area contributed by atoms with Gasteiger partial charge in [0.1, 0.15) is 6.54 Å². The van der Waals surface area contributed by atoms with Crippen molar-refractivity contribution < 1.29 is 9.59 Å². The smallest absolute Gasteiger partial charge is 0.260 e. The van der Waals surface area contributed by atoms with Crippen molar-refractivity contribution >= 4 is 46.1 Å². The van der Waals surface area contributed by atoms with Gasteiger partial charge in [0.15, 0.2) is 0 Å². The minimum absolute atomic E-state index is 0.109. The number of hydrogen-bond donors (Lipinski definition) is 1. The zero-order valence-electron chi connectivity index (χ0n) is 18.2. The summed E-state index contributed by atoms with van der Waals surface area (Å²) in [6.07, 6.45) is 1.61. The normalized spacial score (nSPS) is 12.8. The summed E-state index contributed by atoms with van der Waals surface area (Å²) >= 11 is 6.37. The topological polar surface area (TPSA) is 66.7 Å². The van der Waals surface area contributed by atoms with Crippen LogP contribution in [0, 0.1) is 13.8 Å². The van der Waals surface area contributed by atoms with Gasteiger partial charge in [0, 0.05) is 27.9 Å². The van der Waals surface area contributed by atoms with Crippen LogP contribution in [-0.2, 0) is 4.79 Å². The average molecular weight is 457 g/mol. The molecule has 164 valence electrons. The Kier molecular flexibility index (Phi) is 5.23. The van der Waals surface area contributed by atoms with Crippen molar-refractivity contribution in [3.8, 4) is 5.69 Å². The molecule has 0 radical (unpaired) electrons. The molecular formula is C26H21ClN4O2. The lowest BCUT2D eigenvalue weighted by Gasteiger charge is -2.16. The van der Waals surface area contributed by atoms with Crippen molar-refractivity contribution in [1.82, 2.24) is 9.99 Å². The fraction of sp³-hybridized carbons (Fsp3) is 0.115. The number of nitrogens with one attached hydrogen (secondary N) is 1. The molecule has 0 aliphatic carbocycles. The Bertz CT molecular complexity index is 1450. The highest BCUT2D eigenvalue weighted by atomic mass is 35.5. The molecule has 0 bridgehead atoms. The van der Waals surface area contributed by atoms with Gasteiger partial charge in [-0.2, -0.15) is 5.10 Å². The van der Waals surface area contributed by atoms with Crippen LogP contribution in [0.4, 0.5) is 5.69 Å². The number of anilines is 1. The molecule has 2 amide bonds. The second-order valence-corrected chi connectivity index (χ2v) is 8.39. The van der Waals surface area contributed by atoms with E-state index in [0.29, 0.717) is 10.6 Å². The standard InChI is InChI=1S/C26H21ClN4O2/c1-16-13-19(17(2)31(16)22-11-4-3-10-21(22)27)14-28-29-24(32)15-30-23-12-6-8-18-7-5-9-20(25(18)23)26(30)33/h3-14H,15H2,1-2H3,(H,29,32)/b28-14+. The molecular weight excluding hydrogens is 436 g/mol. The van der Waals surface area contributed by atoms with Crippen LogP contribution in [0.15, 0.2) is 71.8 Å². The first kappa shape index (κ1) is 21.0. The fourth-order valence-corrected chi connectivity index (χ4v) is 4.63. The summed E-state index contributed by atoms with van der Waals surface area (Å²) in [5.74, 6) is -0.548. The van der Waals surface area contributed by atoms with Crippen LogP contribution < -0.4 is 10.3 Å². The Morgan fingerprint density at radius 2 is 1.76 bits per heavy atom. The van der Waals surface area contributed by atoms with Gasteiger partial charge in [0.25, 0.3) is 11.8 Å². The van der Waals surface area contributed by atoms with E-state index in [1.54, 1.807) is 12.3 Å². The number of para-hydroxylation sites is 1. The molecule has 1 aliphatic rings. The van der Waals surface area contributed by atoms with Crippen molar-refractivity contribution in [2.24, 2.45) is 5.10 Å². The maximum Gasteiger partial charge on any atom is 0.260 e. The van der Waals surface area contributed by atoms with Crippen molar-refractivity contribution in [2.75, 3.05) is 11.4 Å². The van der Waals surface area contributed by atoms with E-state index in [2.05, 4.69) is 10.5 Å².